The molecule has 2 aromatic carbocycles. The summed E-state index contributed by atoms with van der Waals surface area (Å²) in [5.41, 5.74) is 3.77. The third-order valence-corrected chi connectivity index (χ3v) is 4.60. The van der Waals surface area contributed by atoms with Gasteiger partial charge in [0, 0.05) is 15.5 Å². The van der Waals surface area contributed by atoms with E-state index >= 15 is 0 Å². The van der Waals surface area contributed by atoms with Crippen LogP contribution >= 0.6 is 31.9 Å². The summed E-state index contributed by atoms with van der Waals surface area (Å²) in [6.07, 6.45) is 2.30. The topological polar surface area (TPSA) is 12.5 Å². The van der Waals surface area contributed by atoms with Crippen LogP contribution in [-0.4, -0.2) is 6.54 Å². The van der Waals surface area contributed by atoms with Crippen LogP contribution in [0.25, 0.3) is 0 Å². The maximum atomic E-state index is 6.08. The smallest absolute Gasteiger partial charge is 0.152 e. The average molecular weight is 411 g/mol. The van der Waals surface area contributed by atoms with Crippen molar-refractivity contribution >= 4 is 43.2 Å². The highest BCUT2D eigenvalue weighted by Crippen LogP contribution is 2.51. The molecule has 2 aliphatic heterocycles. The van der Waals surface area contributed by atoms with Crippen molar-refractivity contribution in [3.63, 3.8) is 0 Å². The highest BCUT2D eigenvalue weighted by atomic mass is 79.9. The molecule has 0 fully saturated rings. The summed E-state index contributed by atoms with van der Waals surface area (Å²) < 4.78 is 8.21. The minimum Gasteiger partial charge on any atom is -0.453 e. The number of halogens is 2. The van der Waals surface area contributed by atoms with Gasteiger partial charge in [-0.05, 0) is 48.7 Å². The Bertz CT molecular complexity index is 685. The number of fused-ring (bicyclic) bond motifs is 2. The Morgan fingerprint density at radius 1 is 1.00 bits per heavy atom. The van der Waals surface area contributed by atoms with Gasteiger partial charge in [-0.15, -0.1) is 0 Å². The molecular formula is C17H17Br2NO. The van der Waals surface area contributed by atoms with Crippen molar-refractivity contribution in [3.05, 3.63) is 44.8 Å². The summed E-state index contributed by atoms with van der Waals surface area (Å²) in [6.45, 7) is 5.06. The first-order valence-corrected chi connectivity index (χ1v) is 8.88. The molecule has 0 spiro atoms. The number of aryl methyl sites for hydroxylation is 1. The lowest BCUT2D eigenvalue weighted by atomic mass is 9.99. The molecule has 110 valence electrons. The molecule has 2 aromatic rings. The number of rotatable bonds is 0. The summed E-state index contributed by atoms with van der Waals surface area (Å²) in [4.78, 5) is 2.38. The lowest BCUT2D eigenvalue weighted by molar-refractivity contribution is 0.468. The van der Waals surface area contributed by atoms with E-state index in [4.69, 9.17) is 4.74 Å². The van der Waals surface area contributed by atoms with Gasteiger partial charge in [-0.2, -0.15) is 0 Å². The highest BCUT2D eigenvalue weighted by Gasteiger charge is 2.29. The number of benzene rings is 2. The van der Waals surface area contributed by atoms with E-state index in [9.17, 15) is 0 Å². The zero-order chi connectivity index (χ0) is 15.0. The van der Waals surface area contributed by atoms with Crippen LogP contribution in [0.5, 0.6) is 11.5 Å². The van der Waals surface area contributed by atoms with Crippen molar-refractivity contribution in [2.24, 2.45) is 0 Å². The minimum absolute atomic E-state index is 0.924. The largest absolute Gasteiger partial charge is 0.453 e. The van der Waals surface area contributed by atoms with Gasteiger partial charge >= 0.3 is 0 Å². The molecule has 0 saturated heterocycles. The molecule has 0 aromatic heterocycles. The van der Waals surface area contributed by atoms with Crippen LogP contribution in [0.3, 0.4) is 0 Å². The standard InChI is InChI=1S/C15H11Br2NO.C2H6/c16-10-3-4-12-13(7-10)19-14-8-11(17)6-9-2-1-5-18(12)15(9)14;1-2/h3-4,6-8H,1-2,5H2;1-2H3. The summed E-state index contributed by atoms with van der Waals surface area (Å²) in [7, 11) is 0. The Balaban J connectivity index is 0.000000636. The summed E-state index contributed by atoms with van der Waals surface area (Å²) in [6, 6.07) is 10.5. The van der Waals surface area contributed by atoms with E-state index in [0.717, 1.165) is 33.4 Å². The molecule has 0 radical (unpaired) electrons. The Labute approximate surface area is 142 Å². The average Bonchev–Trinajstić information content (AvgIpc) is 2.48. The lowest BCUT2D eigenvalue weighted by Gasteiger charge is -2.37. The first kappa shape index (κ1) is 14.9. The van der Waals surface area contributed by atoms with Crippen LogP contribution in [0, 0.1) is 0 Å². The zero-order valence-corrected chi connectivity index (χ0v) is 15.3. The van der Waals surface area contributed by atoms with Crippen molar-refractivity contribution in [3.8, 4) is 11.5 Å². The molecule has 0 bridgehead atoms. The van der Waals surface area contributed by atoms with Gasteiger partial charge in [-0.1, -0.05) is 45.7 Å². The van der Waals surface area contributed by atoms with Crippen LogP contribution in [0.2, 0.25) is 0 Å². The number of hydrogen-bond donors (Lipinski definition) is 0. The lowest BCUT2D eigenvalue weighted by Crippen LogP contribution is -2.27. The molecule has 2 heterocycles. The maximum absolute atomic E-state index is 6.08. The molecule has 0 unspecified atom stereocenters. The molecule has 0 saturated carbocycles. The van der Waals surface area contributed by atoms with Gasteiger partial charge in [0.05, 0.1) is 11.4 Å². The fraction of sp³-hybridized carbons (Fsp3) is 0.294. The molecule has 0 atom stereocenters. The SMILES string of the molecule is Brc1ccc2c(c1)Oc1cc(Br)cc3c1N2CCC3.CC. The Kier molecular flexibility index (Phi) is 4.27. The molecule has 0 N–H and O–H groups in total. The number of hydrogen-bond acceptors (Lipinski definition) is 2. The maximum Gasteiger partial charge on any atom is 0.152 e. The van der Waals surface area contributed by atoms with Crippen LogP contribution in [0.1, 0.15) is 25.8 Å². The number of ether oxygens (including phenoxy) is 1. The Hall–Kier alpha value is -1.00. The summed E-state index contributed by atoms with van der Waals surface area (Å²) in [5.74, 6) is 1.88. The molecule has 4 heteroatoms. The minimum atomic E-state index is 0.924. The second kappa shape index (κ2) is 6.01. The fourth-order valence-corrected chi connectivity index (χ4v) is 3.72. The summed E-state index contributed by atoms with van der Waals surface area (Å²) in [5, 5.41) is 0. The van der Waals surface area contributed by atoms with Crippen LogP contribution in [-0.2, 0) is 6.42 Å². The van der Waals surface area contributed by atoms with Gasteiger partial charge in [0.2, 0.25) is 0 Å². The number of nitrogens with zero attached hydrogens (tertiary/aromatic N) is 1. The molecule has 4 rings (SSSR count). The quantitative estimate of drug-likeness (QED) is 0.496. The predicted octanol–water partition coefficient (Wildman–Crippen LogP) is 6.43. The fourth-order valence-electron chi connectivity index (χ4n) is 2.89. The van der Waals surface area contributed by atoms with Crippen molar-refractivity contribution in [2.75, 3.05) is 11.4 Å². The van der Waals surface area contributed by atoms with Gasteiger partial charge in [-0.25, -0.2) is 0 Å². The predicted molar refractivity (Wildman–Crippen MR) is 95.0 cm³/mol. The Morgan fingerprint density at radius 3 is 2.57 bits per heavy atom. The van der Waals surface area contributed by atoms with Crippen LogP contribution in [0.15, 0.2) is 39.3 Å². The van der Waals surface area contributed by atoms with Gasteiger partial charge in [-0.3, -0.25) is 0 Å². The van der Waals surface area contributed by atoms with Crippen molar-refractivity contribution in [1.82, 2.24) is 0 Å². The second-order valence-electron chi connectivity index (χ2n) is 4.88. The van der Waals surface area contributed by atoms with E-state index in [2.05, 4.69) is 61.0 Å². The normalized spacial score (nSPS) is 14.4. The summed E-state index contributed by atoms with van der Waals surface area (Å²) >= 11 is 7.08. The third kappa shape index (κ3) is 2.59. The van der Waals surface area contributed by atoms with Crippen LogP contribution < -0.4 is 9.64 Å². The second-order valence-corrected chi connectivity index (χ2v) is 6.71. The van der Waals surface area contributed by atoms with Gasteiger partial charge in [0.15, 0.2) is 11.5 Å². The third-order valence-electron chi connectivity index (χ3n) is 3.65. The Morgan fingerprint density at radius 2 is 1.76 bits per heavy atom. The van der Waals surface area contributed by atoms with Crippen molar-refractivity contribution in [2.45, 2.75) is 26.7 Å². The monoisotopic (exact) mass is 409 g/mol. The van der Waals surface area contributed by atoms with E-state index < -0.39 is 0 Å². The van der Waals surface area contributed by atoms with Gasteiger partial charge < -0.3 is 9.64 Å². The zero-order valence-electron chi connectivity index (χ0n) is 12.1. The van der Waals surface area contributed by atoms with Crippen molar-refractivity contribution in [1.29, 1.82) is 0 Å². The van der Waals surface area contributed by atoms with E-state index in [1.807, 2.05) is 19.9 Å². The first-order valence-electron chi connectivity index (χ1n) is 7.30. The van der Waals surface area contributed by atoms with Crippen LogP contribution in [0.4, 0.5) is 11.4 Å². The molecule has 0 amide bonds. The molecular weight excluding hydrogens is 394 g/mol. The first-order chi connectivity index (χ1) is 10.2. The van der Waals surface area contributed by atoms with Crippen molar-refractivity contribution < 1.29 is 4.74 Å². The molecule has 2 nitrogen and oxygen atoms in total. The van der Waals surface area contributed by atoms with E-state index in [-0.39, 0.29) is 0 Å². The molecule has 2 aliphatic rings. The van der Waals surface area contributed by atoms with E-state index in [1.165, 1.54) is 23.4 Å². The molecule has 21 heavy (non-hydrogen) atoms. The van der Waals surface area contributed by atoms with Gasteiger partial charge in [0.1, 0.15) is 0 Å². The highest BCUT2D eigenvalue weighted by molar-refractivity contribution is 9.10. The van der Waals surface area contributed by atoms with E-state index in [0.29, 0.717) is 0 Å². The number of anilines is 2. The van der Waals surface area contributed by atoms with E-state index in [1.54, 1.807) is 0 Å². The molecule has 0 aliphatic carbocycles. The van der Waals surface area contributed by atoms with Gasteiger partial charge in [0.25, 0.3) is 0 Å².